The zero-order chi connectivity index (χ0) is 17.6. The van der Waals surface area contributed by atoms with E-state index >= 15 is 0 Å². The van der Waals surface area contributed by atoms with E-state index in [1.54, 1.807) is 36.4 Å². The highest BCUT2D eigenvalue weighted by molar-refractivity contribution is 6.24. The summed E-state index contributed by atoms with van der Waals surface area (Å²) in [5, 5.41) is 0. The number of ether oxygens (including phenoxy) is 1. The summed E-state index contributed by atoms with van der Waals surface area (Å²) in [6.07, 6.45) is -0.679. The molecule has 2 heterocycles. The Morgan fingerprint density at radius 1 is 0.840 bits per heavy atom. The average molecular weight is 336 g/mol. The van der Waals surface area contributed by atoms with Crippen molar-refractivity contribution in [3.63, 3.8) is 0 Å². The largest absolute Gasteiger partial charge is 0.355 e. The van der Waals surface area contributed by atoms with Crippen molar-refractivity contribution < 1.29 is 19.1 Å². The predicted octanol–water partition coefficient (Wildman–Crippen LogP) is 2.06. The highest BCUT2D eigenvalue weighted by atomic mass is 16.5. The molecule has 6 heteroatoms. The van der Waals surface area contributed by atoms with E-state index in [1.165, 1.54) is 4.90 Å². The summed E-state index contributed by atoms with van der Waals surface area (Å²) in [6.45, 7) is 2.17. The highest BCUT2D eigenvalue weighted by Gasteiger charge is 2.57. The molecule has 6 nitrogen and oxygen atoms in total. The lowest BCUT2D eigenvalue weighted by Crippen LogP contribution is -2.72. The van der Waals surface area contributed by atoms with Crippen LogP contribution in [0.25, 0.3) is 0 Å². The Morgan fingerprint density at radius 2 is 1.40 bits per heavy atom. The lowest BCUT2D eigenvalue weighted by molar-refractivity contribution is -0.143. The van der Waals surface area contributed by atoms with Gasteiger partial charge in [0.25, 0.3) is 17.7 Å². The van der Waals surface area contributed by atoms with E-state index in [0.717, 1.165) is 4.90 Å². The van der Waals surface area contributed by atoms with Crippen molar-refractivity contribution in [2.45, 2.75) is 19.2 Å². The fourth-order valence-corrected chi connectivity index (χ4v) is 3.35. The van der Waals surface area contributed by atoms with E-state index in [-0.39, 0.29) is 5.91 Å². The van der Waals surface area contributed by atoms with Crippen LogP contribution in [0.5, 0.6) is 0 Å². The zero-order valence-electron chi connectivity index (χ0n) is 13.6. The summed E-state index contributed by atoms with van der Waals surface area (Å²) in [4.78, 5) is 40.6. The number of amides is 3. The molecule has 2 unspecified atom stereocenters. The van der Waals surface area contributed by atoms with Gasteiger partial charge in [0.05, 0.1) is 11.1 Å². The molecule has 4 rings (SSSR count). The zero-order valence-corrected chi connectivity index (χ0v) is 13.6. The Bertz CT molecular complexity index is 830. The molecule has 1 saturated heterocycles. The number of para-hydroxylation sites is 1. The van der Waals surface area contributed by atoms with Gasteiger partial charge in [0, 0.05) is 12.3 Å². The Labute approximate surface area is 144 Å². The third kappa shape index (κ3) is 2.18. The first-order valence-corrected chi connectivity index (χ1v) is 8.11. The molecular formula is C19H16N2O4. The van der Waals surface area contributed by atoms with Crippen molar-refractivity contribution in [3.8, 4) is 0 Å². The SMILES string of the molecule is CCOC1C(N2C(=O)c3ccccc3C2=O)C(=O)N1c1ccccc1. The minimum Gasteiger partial charge on any atom is -0.355 e. The number of fused-ring (bicyclic) bond motifs is 1. The quantitative estimate of drug-likeness (QED) is 0.633. The number of carbonyl (C=O) groups is 3. The van der Waals surface area contributed by atoms with Gasteiger partial charge in [-0.05, 0) is 31.2 Å². The molecule has 0 radical (unpaired) electrons. The number of hydrogen-bond acceptors (Lipinski definition) is 4. The van der Waals surface area contributed by atoms with Crippen LogP contribution in [0.1, 0.15) is 27.6 Å². The smallest absolute Gasteiger partial charge is 0.262 e. The molecule has 2 aromatic rings. The molecule has 0 aliphatic carbocycles. The predicted molar refractivity (Wildman–Crippen MR) is 90.1 cm³/mol. The molecule has 25 heavy (non-hydrogen) atoms. The van der Waals surface area contributed by atoms with Crippen LogP contribution in [0.15, 0.2) is 54.6 Å². The summed E-state index contributed by atoms with van der Waals surface area (Å²) < 4.78 is 5.69. The summed E-state index contributed by atoms with van der Waals surface area (Å²) in [5.74, 6) is -1.22. The van der Waals surface area contributed by atoms with Crippen molar-refractivity contribution in [1.82, 2.24) is 4.90 Å². The van der Waals surface area contributed by atoms with Crippen LogP contribution in [0.3, 0.4) is 0 Å². The maximum absolute atomic E-state index is 12.8. The van der Waals surface area contributed by atoms with E-state index in [1.807, 2.05) is 25.1 Å². The second-order valence-electron chi connectivity index (χ2n) is 5.86. The molecular weight excluding hydrogens is 320 g/mol. The van der Waals surface area contributed by atoms with Gasteiger partial charge in [0.1, 0.15) is 0 Å². The van der Waals surface area contributed by atoms with Crippen molar-refractivity contribution >= 4 is 23.4 Å². The van der Waals surface area contributed by atoms with Crippen LogP contribution in [0.4, 0.5) is 5.69 Å². The van der Waals surface area contributed by atoms with Crippen LogP contribution < -0.4 is 4.90 Å². The first kappa shape index (κ1) is 15.5. The second kappa shape index (κ2) is 5.82. The number of rotatable bonds is 4. The van der Waals surface area contributed by atoms with Crippen molar-refractivity contribution in [3.05, 3.63) is 65.7 Å². The lowest BCUT2D eigenvalue weighted by Gasteiger charge is -2.48. The van der Waals surface area contributed by atoms with Gasteiger partial charge in [-0.2, -0.15) is 0 Å². The Kier molecular flexibility index (Phi) is 3.62. The number of carbonyl (C=O) groups excluding carboxylic acids is 3. The number of β-lactam (4-membered cyclic amide) rings is 1. The van der Waals surface area contributed by atoms with Gasteiger partial charge < -0.3 is 4.74 Å². The molecule has 2 atom stereocenters. The Morgan fingerprint density at radius 3 is 1.96 bits per heavy atom. The minimum absolute atomic E-state index is 0.320. The second-order valence-corrected chi connectivity index (χ2v) is 5.86. The average Bonchev–Trinajstić information content (AvgIpc) is 2.88. The van der Waals surface area contributed by atoms with Gasteiger partial charge in [-0.15, -0.1) is 0 Å². The van der Waals surface area contributed by atoms with Crippen LogP contribution in [-0.4, -0.2) is 41.5 Å². The van der Waals surface area contributed by atoms with E-state index in [0.29, 0.717) is 23.4 Å². The van der Waals surface area contributed by atoms with Gasteiger partial charge in [-0.1, -0.05) is 30.3 Å². The third-order valence-electron chi connectivity index (χ3n) is 4.49. The fourth-order valence-electron chi connectivity index (χ4n) is 3.35. The minimum atomic E-state index is -0.937. The first-order valence-electron chi connectivity index (χ1n) is 8.11. The number of imide groups is 1. The van der Waals surface area contributed by atoms with E-state index in [9.17, 15) is 14.4 Å². The number of nitrogens with zero attached hydrogens (tertiary/aromatic N) is 2. The molecule has 2 aliphatic heterocycles. The molecule has 2 aliphatic rings. The molecule has 1 fully saturated rings. The van der Waals surface area contributed by atoms with Crippen molar-refractivity contribution in [1.29, 1.82) is 0 Å². The molecule has 2 aromatic carbocycles. The van der Waals surface area contributed by atoms with Crippen molar-refractivity contribution in [2.24, 2.45) is 0 Å². The first-order chi connectivity index (χ1) is 12.1. The van der Waals surface area contributed by atoms with Crippen LogP contribution in [-0.2, 0) is 9.53 Å². The summed E-state index contributed by atoms with van der Waals surface area (Å²) in [7, 11) is 0. The topological polar surface area (TPSA) is 66.9 Å². The molecule has 0 N–H and O–H groups in total. The summed E-state index contributed by atoms with van der Waals surface area (Å²) in [5.41, 5.74) is 1.33. The standard InChI is InChI=1S/C19H16N2O4/c1-2-25-19-15(18(24)20(19)12-8-4-3-5-9-12)21-16(22)13-10-6-7-11-14(13)17(21)23/h3-11,15,19H,2H2,1H3. The number of hydrogen-bond donors (Lipinski definition) is 0. The lowest BCUT2D eigenvalue weighted by atomic mass is 10.0. The Balaban J connectivity index is 1.68. The van der Waals surface area contributed by atoms with Crippen LogP contribution in [0, 0.1) is 0 Å². The van der Waals surface area contributed by atoms with E-state index < -0.39 is 24.1 Å². The van der Waals surface area contributed by atoms with E-state index in [4.69, 9.17) is 4.74 Å². The van der Waals surface area contributed by atoms with Crippen LogP contribution >= 0.6 is 0 Å². The molecule has 126 valence electrons. The van der Waals surface area contributed by atoms with Gasteiger partial charge in [-0.25, -0.2) is 0 Å². The molecule has 3 amide bonds. The maximum Gasteiger partial charge on any atom is 0.262 e. The summed E-state index contributed by atoms with van der Waals surface area (Å²) >= 11 is 0. The van der Waals surface area contributed by atoms with Crippen LogP contribution in [0.2, 0.25) is 0 Å². The number of anilines is 1. The summed E-state index contributed by atoms with van der Waals surface area (Å²) in [6, 6.07) is 14.7. The molecule has 0 bridgehead atoms. The van der Waals surface area contributed by atoms with Gasteiger partial charge in [0.15, 0.2) is 12.3 Å². The van der Waals surface area contributed by atoms with E-state index in [2.05, 4.69) is 0 Å². The van der Waals surface area contributed by atoms with Gasteiger partial charge >= 0.3 is 0 Å². The maximum atomic E-state index is 12.8. The fraction of sp³-hybridized carbons (Fsp3) is 0.211. The Hall–Kier alpha value is -2.99. The molecule has 0 saturated carbocycles. The normalized spacial score (nSPS) is 22.2. The van der Waals surface area contributed by atoms with Gasteiger partial charge in [0.2, 0.25) is 0 Å². The number of benzene rings is 2. The van der Waals surface area contributed by atoms with Crippen molar-refractivity contribution in [2.75, 3.05) is 11.5 Å². The highest BCUT2D eigenvalue weighted by Crippen LogP contribution is 2.36. The third-order valence-corrected chi connectivity index (χ3v) is 4.49. The monoisotopic (exact) mass is 336 g/mol. The molecule has 0 aromatic heterocycles. The van der Waals surface area contributed by atoms with Gasteiger partial charge in [-0.3, -0.25) is 24.2 Å². The molecule has 0 spiro atoms.